The first-order chi connectivity index (χ1) is 5.95. The topological polar surface area (TPSA) is 69.4 Å². The van der Waals surface area contributed by atoms with Gasteiger partial charge in [0, 0.05) is 6.61 Å². The van der Waals surface area contributed by atoms with Gasteiger partial charge in [-0.1, -0.05) is 13.3 Å². The maximum atomic E-state index is 10.5. The third-order valence-corrected chi connectivity index (χ3v) is 2.53. The molecule has 0 aromatic heterocycles. The lowest BCUT2D eigenvalue weighted by Crippen LogP contribution is -2.18. The van der Waals surface area contributed by atoms with E-state index in [0.717, 1.165) is 12.8 Å². The van der Waals surface area contributed by atoms with Crippen molar-refractivity contribution in [3.05, 3.63) is 0 Å². The third-order valence-electron chi connectivity index (χ3n) is 1.67. The van der Waals surface area contributed by atoms with Crippen molar-refractivity contribution in [1.29, 1.82) is 0 Å². The van der Waals surface area contributed by atoms with E-state index in [-0.39, 0.29) is 11.9 Å². The second-order valence-electron chi connectivity index (χ2n) is 3.19. The maximum Gasteiger partial charge on any atom is 0.209 e. The molecule has 0 fully saturated rings. The summed E-state index contributed by atoms with van der Waals surface area (Å²) in [5, 5.41) is 4.83. The Hall–Kier alpha value is -0.130. The van der Waals surface area contributed by atoms with Gasteiger partial charge in [-0.3, -0.25) is 0 Å². The highest BCUT2D eigenvalue weighted by Crippen LogP contribution is 2.01. The highest BCUT2D eigenvalue weighted by Gasteiger charge is 2.03. The van der Waals surface area contributed by atoms with Crippen LogP contribution >= 0.6 is 0 Å². The van der Waals surface area contributed by atoms with Gasteiger partial charge in [-0.15, -0.1) is 0 Å². The fraction of sp³-hybridized carbons (Fsp3) is 1.00. The van der Waals surface area contributed by atoms with Crippen LogP contribution in [-0.2, 0) is 14.8 Å². The minimum absolute atomic E-state index is 0.00580. The Balaban J connectivity index is 3.36. The molecule has 0 aromatic rings. The van der Waals surface area contributed by atoms with Crippen LogP contribution in [0.5, 0.6) is 0 Å². The van der Waals surface area contributed by atoms with Gasteiger partial charge < -0.3 is 4.74 Å². The van der Waals surface area contributed by atoms with Crippen LogP contribution in [0.2, 0.25) is 0 Å². The Morgan fingerprint density at radius 3 is 2.54 bits per heavy atom. The molecule has 2 N–H and O–H groups in total. The van der Waals surface area contributed by atoms with Crippen LogP contribution in [0.4, 0.5) is 0 Å². The third kappa shape index (κ3) is 9.79. The highest BCUT2D eigenvalue weighted by molar-refractivity contribution is 7.89. The van der Waals surface area contributed by atoms with Gasteiger partial charge >= 0.3 is 0 Å². The van der Waals surface area contributed by atoms with Crippen LogP contribution in [0.3, 0.4) is 0 Å². The van der Waals surface area contributed by atoms with Gasteiger partial charge in [0.25, 0.3) is 0 Å². The lowest BCUT2D eigenvalue weighted by molar-refractivity contribution is 0.0606. The fourth-order valence-electron chi connectivity index (χ4n) is 1.03. The zero-order chi connectivity index (χ0) is 10.3. The first kappa shape index (κ1) is 12.9. The molecular formula is C8H19NO3S. The molecule has 0 amide bonds. The van der Waals surface area contributed by atoms with E-state index in [1.165, 1.54) is 0 Å². The molecule has 0 aliphatic carbocycles. The molecule has 0 spiro atoms. The van der Waals surface area contributed by atoms with E-state index < -0.39 is 10.0 Å². The number of sulfonamides is 1. The maximum absolute atomic E-state index is 10.5. The monoisotopic (exact) mass is 209 g/mol. The molecule has 0 rings (SSSR count). The summed E-state index contributed by atoms with van der Waals surface area (Å²) in [7, 11) is -3.31. The predicted molar refractivity (Wildman–Crippen MR) is 52.9 cm³/mol. The van der Waals surface area contributed by atoms with Gasteiger partial charge in [0.2, 0.25) is 10.0 Å². The second-order valence-corrected chi connectivity index (χ2v) is 4.92. The first-order valence-corrected chi connectivity index (χ1v) is 6.29. The number of nitrogens with two attached hydrogens (primary N) is 1. The van der Waals surface area contributed by atoms with E-state index in [0.29, 0.717) is 13.0 Å². The average Bonchev–Trinajstić information content (AvgIpc) is 1.97. The Morgan fingerprint density at radius 1 is 1.46 bits per heavy atom. The number of rotatable bonds is 7. The molecule has 0 aliphatic heterocycles. The molecule has 5 heteroatoms. The lowest BCUT2D eigenvalue weighted by Gasteiger charge is -2.10. The van der Waals surface area contributed by atoms with E-state index in [9.17, 15) is 8.42 Å². The number of primary sulfonamides is 1. The Labute approximate surface area is 80.5 Å². The van der Waals surface area contributed by atoms with Crippen molar-refractivity contribution >= 4 is 10.0 Å². The molecule has 0 saturated carbocycles. The molecule has 0 aliphatic rings. The van der Waals surface area contributed by atoms with Crippen LogP contribution in [0, 0.1) is 0 Å². The van der Waals surface area contributed by atoms with Gasteiger partial charge in [-0.05, 0) is 19.8 Å². The summed E-state index contributed by atoms with van der Waals surface area (Å²) in [5.74, 6) is 0.00580. The molecule has 1 atom stereocenters. The molecule has 0 radical (unpaired) electrons. The molecule has 13 heavy (non-hydrogen) atoms. The molecule has 0 saturated heterocycles. The minimum Gasteiger partial charge on any atom is -0.378 e. The predicted octanol–water partition coefficient (Wildman–Crippen LogP) is 0.870. The van der Waals surface area contributed by atoms with Crippen molar-refractivity contribution < 1.29 is 13.2 Å². The van der Waals surface area contributed by atoms with Gasteiger partial charge in [0.05, 0.1) is 11.9 Å². The van der Waals surface area contributed by atoms with E-state index in [1.807, 2.05) is 6.92 Å². The molecular weight excluding hydrogens is 190 g/mol. The van der Waals surface area contributed by atoms with Crippen LogP contribution in [0.25, 0.3) is 0 Å². The molecule has 1 unspecified atom stereocenters. The number of hydrogen-bond acceptors (Lipinski definition) is 3. The van der Waals surface area contributed by atoms with Gasteiger partial charge in [-0.2, -0.15) is 0 Å². The van der Waals surface area contributed by atoms with Crippen molar-refractivity contribution in [2.75, 3.05) is 12.4 Å². The summed E-state index contributed by atoms with van der Waals surface area (Å²) in [6, 6.07) is 0. The van der Waals surface area contributed by atoms with Gasteiger partial charge in [0.1, 0.15) is 0 Å². The summed E-state index contributed by atoms with van der Waals surface area (Å²) in [4.78, 5) is 0. The zero-order valence-corrected chi connectivity index (χ0v) is 9.14. The normalized spacial score (nSPS) is 14.4. The zero-order valence-electron chi connectivity index (χ0n) is 8.32. The van der Waals surface area contributed by atoms with Gasteiger partial charge in [-0.25, -0.2) is 13.6 Å². The largest absolute Gasteiger partial charge is 0.378 e. The van der Waals surface area contributed by atoms with E-state index in [4.69, 9.17) is 9.88 Å². The van der Waals surface area contributed by atoms with Crippen molar-refractivity contribution in [3.8, 4) is 0 Å². The summed E-state index contributed by atoms with van der Waals surface area (Å²) < 4.78 is 26.4. The Morgan fingerprint density at radius 2 is 2.08 bits per heavy atom. The van der Waals surface area contributed by atoms with Crippen molar-refractivity contribution in [3.63, 3.8) is 0 Å². The lowest BCUT2D eigenvalue weighted by atomic mass is 10.2. The smallest absolute Gasteiger partial charge is 0.209 e. The quantitative estimate of drug-likeness (QED) is 0.632. The molecule has 4 nitrogen and oxygen atoms in total. The Kier molecular flexibility index (Phi) is 6.28. The average molecular weight is 209 g/mol. The van der Waals surface area contributed by atoms with E-state index >= 15 is 0 Å². The number of ether oxygens (including phenoxy) is 1. The highest BCUT2D eigenvalue weighted by atomic mass is 32.2. The standard InChI is InChI=1S/C8H19NO3S/c1-3-5-8(2)12-6-4-7-13(9,10)11/h8H,3-7H2,1-2H3,(H2,9,10,11). The van der Waals surface area contributed by atoms with Crippen LogP contribution in [0.1, 0.15) is 33.1 Å². The minimum atomic E-state index is -3.31. The Bertz CT molecular complexity index is 213. The summed E-state index contributed by atoms with van der Waals surface area (Å²) in [6.07, 6.45) is 2.78. The second kappa shape index (κ2) is 6.34. The number of hydrogen-bond donors (Lipinski definition) is 1. The summed E-state index contributed by atoms with van der Waals surface area (Å²) >= 11 is 0. The van der Waals surface area contributed by atoms with E-state index in [2.05, 4.69) is 6.92 Å². The fourth-order valence-corrected chi connectivity index (χ4v) is 1.55. The SMILES string of the molecule is CCCC(C)OCCCS(N)(=O)=O. The van der Waals surface area contributed by atoms with Crippen molar-refractivity contribution in [1.82, 2.24) is 0 Å². The van der Waals surface area contributed by atoms with Crippen LogP contribution in [-0.4, -0.2) is 26.9 Å². The van der Waals surface area contributed by atoms with Crippen molar-refractivity contribution in [2.24, 2.45) is 5.14 Å². The van der Waals surface area contributed by atoms with Crippen LogP contribution in [0.15, 0.2) is 0 Å². The van der Waals surface area contributed by atoms with Crippen LogP contribution < -0.4 is 5.14 Å². The van der Waals surface area contributed by atoms with E-state index in [1.54, 1.807) is 0 Å². The first-order valence-electron chi connectivity index (χ1n) is 4.57. The van der Waals surface area contributed by atoms with Crippen molar-refractivity contribution in [2.45, 2.75) is 39.2 Å². The molecule has 80 valence electrons. The molecule has 0 heterocycles. The molecule has 0 bridgehead atoms. The molecule has 0 aromatic carbocycles. The summed E-state index contributed by atoms with van der Waals surface area (Å²) in [6.45, 7) is 4.54. The van der Waals surface area contributed by atoms with Gasteiger partial charge in [0.15, 0.2) is 0 Å². The summed E-state index contributed by atoms with van der Waals surface area (Å²) in [5.41, 5.74) is 0.